The number of ether oxygens (including phenoxy) is 3. The van der Waals surface area contributed by atoms with Crippen molar-refractivity contribution in [3.05, 3.63) is 41.2 Å². The van der Waals surface area contributed by atoms with E-state index in [1.807, 2.05) is 20.9 Å². The van der Waals surface area contributed by atoms with Crippen LogP contribution in [-0.2, 0) is 21.4 Å². The third kappa shape index (κ3) is 4.91. The maximum Gasteiger partial charge on any atom is 0.331 e. The van der Waals surface area contributed by atoms with E-state index < -0.39 is 18.0 Å². The summed E-state index contributed by atoms with van der Waals surface area (Å²) in [6, 6.07) is 4.97. The first-order chi connectivity index (χ1) is 13.3. The van der Waals surface area contributed by atoms with Gasteiger partial charge >= 0.3 is 5.97 Å². The fourth-order valence-corrected chi connectivity index (χ4v) is 2.61. The number of rotatable bonds is 7. The molecule has 0 aliphatic heterocycles. The van der Waals surface area contributed by atoms with Gasteiger partial charge in [0.25, 0.3) is 5.91 Å². The molecule has 1 aromatic carbocycles. The molecule has 0 spiro atoms. The summed E-state index contributed by atoms with van der Waals surface area (Å²) in [5, 5.41) is 6.96. The zero-order valence-corrected chi connectivity index (χ0v) is 16.9. The second-order valence-corrected chi connectivity index (χ2v) is 6.18. The molecule has 0 radical (unpaired) electrons. The van der Waals surface area contributed by atoms with Gasteiger partial charge in [-0.3, -0.25) is 9.48 Å². The van der Waals surface area contributed by atoms with Gasteiger partial charge in [-0.1, -0.05) is 0 Å². The number of methoxy groups -OCH3 is 2. The number of carbonyl (C=O) groups excluding carboxylic acids is 2. The summed E-state index contributed by atoms with van der Waals surface area (Å²) in [6.07, 6.45) is 1.96. The Morgan fingerprint density at radius 2 is 1.86 bits per heavy atom. The van der Waals surface area contributed by atoms with E-state index in [1.54, 1.807) is 29.0 Å². The molecule has 8 nitrogen and oxygen atoms in total. The van der Waals surface area contributed by atoms with Crippen LogP contribution in [0.15, 0.2) is 24.3 Å². The molecule has 150 valence electrons. The van der Waals surface area contributed by atoms with Crippen molar-refractivity contribution in [1.29, 1.82) is 0 Å². The normalized spacial score (nSPS) is 11.9. The lowest BCUT2D eigenvalue weighted by molar-refractivity contribution is -0.148. The van der Waals surface area contributed by atoms with Crippen molar-refractivity contribution < 1.29 is 23.8 Å². The molecule has 2 rings (SSSR count). The van der Waals surface area contributed by atoms with Gasteiger partial charge in [0.05, 0.1) is 19.9 Å². The van der Waals surface area contributed by atoms with Gasteiger partial charge < -0.3 is 19.5 Å². The molecule has 0 saturated heterocycles. The smallest absolute Gasteiger partial charge is 0.331 e. The van der Waals surface area contributed by atoms with Gasteiger partial charge in [-0.05, 0) is 39.0 Å². The summed E-state index contributed by atoms with van der Waals surface area (Å²) in [6.45, 7) is 5.27. The van der Waals surface area contributed by atoms with Crippen LogP contribution in [0.4, 0.5) is 5.69 Å². The van der Waals surface area contributed by atoms with E-state index in [0.717, 1.165) is 17.0 Å². The quantitative estimate of drug-likeness (QED) is 0.580. The summed E-state index contributed by atoms with van der Waals surface area (Å²) in [5.74, 6) is -0.0403. The van der Waals surface area contributed by atoms with Gasteiger partial charge in [-0.25, -0.2) is 4.79 Å². The van der Waals surface area contributed by atoms with Crippen molar-refractivity contribution in [1.82, 2.24) is 9.78 Å². The summed E-state index contributed by atoms with van der Waals surface area (Å²) in [5.41, 5.74) is 3.09. The Morgan fingerprint density at radius 1 is 1.18 bits per heavy atom. The highest BCUT2D eigenvalue weighted by atomic mass is 16.5. The number of hydrogen-bond acceptors (Lipinski definition) is 6. The number of nitrogens with one attached hydrogen (secondary N) is 1. The lowest BCUT2D eigenvalue weighted by atomic mass is 10.2. The van der Waals surface area contributed by atoms with Gasteiger partial charge in [0.1, 0.15) is 0 Å². The predicted molar refractivity (Wildman–Crippen MR) is 105 cm³/mol. The van der Waals surface area contributed by atoms with Crippen LogP contribution in [-0.4, -0.2) is 42.0 Å². The van der Waals surface area contributed by atoms with Crippen LogP contribution >= 0.6 is 0 Å². The molecule has 0 aliphatic carbocycles. The van der Waals surface area contributed by atoms with E-state index >= 15 is 0 Å². The SMILES string of the molecule is COc1ccc(NC(=O)[C@@H](C)OC(=O)/C=C/c2c(C)nn(C)c2C)cc1OC. The van der Waals surface area contributed by atoms with Crippen LogP contribution in [0.25, 0.3) is 6.08 Å². The third-order valence-electron chi connectivity index (χ3n) is 4.26. The lowest BCUT2D eigenvalue weighted by Gasteiger charge is -2.14. The number of aromatic nitrogens is 2. The molecule has 0 bridgehead atoms. The Morgan fingerprint density at radius 3 is 2.43 bits per heavy atom. The van der Waals surface area contributed by atoms with Crippen LogP contribution in [0.3, 0.4) is 0 Å². The van der Waals surface area contributed by atoms with E-state index in [0.29, 0.717) is 17.2 Å². The summed E-state index contributed by atoms with van der Waals surface area (Å²) in [7, 11) is 4.87. The minimum absolute atomic E-state index is 0.456. The predicted octanol–water partition coefficient (Wildman–Crippen LogP) is 2.64. The second kappa shape index (κ2) is 9.07. The average molecular weight is 387 g/mol. The van der Waals surface area contributed by atoms with Crippen LogP contribution in [0.1, 0.15) is 23.9 Å². The Labute approximate surface area is 164 Å². The number of nitrogens with zero attached hydrogens (tertiary/aromatic N) is 2. The van der Waals surface area contributed by atoms with E-state index in [2.05, 4.69) is 10.4 Å². The zero-order valence-electron chi connectivity index (χ0n) is 16.9. The molecule has 1 aromatic heterocycles. The van der Waals surface area contributed by atoms with Crippen LogP contribution in [0.5, 0.6) is 11.5 Å². The van der Waals surface area contributed by atoms with Crippen LogP contribution < -0.4 is 14.8 Å². The van der Waals surface area contributed by atoms with Gasteiger partial charge in [0, 0.05) is 36.1 Å². The van der Waals surface area contributed by atoms with Gasteiger partial charge in [-0.15, -0.1) is 0 Å². The van der Waals surface area contributed by atoms with Crippen molar-refractivity contribution in [2.24, 2.45) is 7.05 Å². The second-order valence-electron chi connectivity index (χ2n) is 6.18. The fourth-order valence-electron chi connectivity index (χ4n) is 2.61. The van der Waals surface area contributed by atoms with Crippen LogP contribution in [0, 0.1) is 13.8 Å². The highest BCUT2D eigenvalue weighted by molar-refractivity contribution is 5.96. The highest BCUT2D eigenvalue weighted by Gasteiger charge is 2.18. The van der Waals surface area contributed by atoms with E-state index in [4.69, 9.17) is 14.2 Å². The summed E-state index contributed by atoms with van der Waals surface area (Å²) >= 11 is 0. The Kier molecular flexibility index (Phi) is 6.81. The molecule has 0 saturated carbocycles. The van der Waals surface area contributed by atoms with E-state index in [1.165, 1.54) is 27.2 Å². The molecular formula is C20H25N3O5. The molecule has 0 fully saturated rings. The Hall–Kier alpha value is -3.29. The molecule has 1 heterocycles. The number of carbonyl (C=O) groups is 2. The Balaban J connectivity index is 1.98. The van der Waals surface area contributed by atoms with Crippen molar-refractivity contribution in [3.63, 3.8) is 0 Å². The first-order valence-electron chi connectivity index (χ1n) is 8.68. The molecular weight excluding hydrogens is 362 g/mol. The summed E-state index contributed by atoms with van der Waals surface area (Å²) < 4.78 is 17.3. The minimum atomic E-state index is -0.971. The van der Waals surface area contributed by atoms with Crippen molar-refractivity contribution in [3.8, 4) is 11.5 Å². The van der Waals surface area contributed by atoms with Gasteiger partial charge in [0.15, 0.2) is 17.6 Å². The largest absolute Gasteiger partial charge is 0.493 e. The highest BCUT2D eigenvalue weighted by Crippen LogP contribution is 2.29. The molecule has 0 aliphatic rings. The first-order valence-corrected chi connectivity index (χ1v) is 8.68. The van der Waals surface area contributed by atoms with E-state index in [-0.39, 0.29) is 0 Å². The fraction of sp³-hybridized carbons (Fsp3) is 0.350. The minimum Gasteiger partial charge on any atom is -0.493 e. The standard InChI is InChI=1S/C20H25N3O5/c1-12-16(13(2)23(4)22-12)8-10-19(24)28-14(3)20(25)21-15-7-9-17(26-5)18(11-15)27-6/h7-11,14H,1-6H3,(H,21,25)/b10-8+/t14-/m1/s1. The number of amides is 1. The topological polar surface area (TPSA) is 91.7 Å². The number of aryl methyl sites for hydroxylation is 2. The molecule has 1 atom stereocenters. The monoisotopic (exact) mass is 387 g/mol. The average Bonchev–Trinajstić information content (AvgIpc) is 2.91. The number of anilines is 1. The maximum absolute atomic E-state index is 12.3. The lowest BCUT2D eigenvalue weighted by Crippen LogP contribution is -2.29. The van der Waals surface area contributed by atoms with Crippen LogP contribution in [0.2, 0.25) is 0 Å². The summed E-state index contributed by atoms with van der Waals surface area (Å²) in [4.78, 5) is 24.3. The van der Waals surface area contributed by atoms with E-state index in [9.17, 15) is 9.59 Å². The third-order valence-corrected chi connectivity index (χ3v) is 4.26. The molecule has 2 aromatic rings. The van der Waals surface area contributed by atoms with Crippen molar-refractivity contribution in [2.45, 2.75) is 26.9 Å². The molecule has 0 unspecified atom stereocenters. The van der Waals surface area contributed by atoms with Gasteiger partial charge in [0.2, 0.25) is 0 Å². The molecule has 1 amide bonds. The van der Waals surface area contributed by atoms with Crippen molar-refractivity contribution >= 4 is 23.6 Å². The number of benzene rings is 1. The Bertz CT molecular complexity index is 901. The molecule has 8 heteroatoms. The molecule has 28 heavy (non-hydrogen) atoms. The maximum atomic E-state index is 12.3. The first kappa shape index (κ1) is 21.0. The zero-order chi connectivity index (χ0) is 20.8. The van der Waals surface area contributed by atoms with Crippen molar-refractivity contribution in [2.75, 3.05) is 19.5 Å². The number of esters is 1. The molecule has 1 N–H and O–H groups in total. The van der Waals surface area contributed by atoms with Gasteiger partial charge in [-0.2, -0.15) is 5.10 Å². The number of hydrogen-bond donors (Lipinski definition) is 1.